The summed E-state index contributed by atoms with van der Waals surface area (Å²) in [5.41, 5.74) is 5.43. The molecule has 2 heterocycles. The number of rotatable bonds is 2. The second kappa shape index (κ2) is 5.87. The van der Waals surface area contributed by atoms with Crippen molar-refractivity contribution in [3.05, 3.63) is 0 Å². The van der Waals surface area contributed by atoms with Crippen molar-refractivity contribution in [2.75, 3.05) is 26.2 Å². The van der Waals surface area contributed by atoms with Gasteiger partial charge in [0.15, 0.2) is 0 Å². The van der Waals surface area contributed by atoms with E-state index in [4.69, 9.17) is 5.73 Å². The summed E-state index contributed by atoms with van der Waals surface area (Å²) in [6.45, 7) is 0.381. The monoisotopic (exact) mass is 295 g/mol. The van der Waals surface area contributed by atoms with Crippen molar-refractivity contribution in [1.29, 1.82) is 0 Å². The van der Waals surface area contributed by atoms with Gasteiger partial charge in [-0.25, -0.2) is 0 Å². The Bertz CT molecular complexity index is 364. The third-order valence-electron chi connectivity index (χ3n) is 4.17. The molecule has 2 aliphatic heterocycles. The van der Waals surface area contributed by atoms with E-state index in [-0.39, 0.29) is 32.0 Å². The van der Waals surface area contributed by atoms with Crippen LogP contribution in [0.4, 0.5) is 13.2 Å². The lowest BCUT2D eigenvalue weighted by atomic mass is 9.84. The van der Waals surface area contributed by atoms with Crippen LogP contribution in [0.3, 0.4) is 0 Å². The molecule has 2 rings (SSSR count). The summed E-state index contributed by atoms with van der Waals surface area (Å²) in [5.74, 6) is -2.42. The lowest BCUT2D eigenvalue weighted by Gasteiger charge is -2.39. The fourth-order valence-corrected chi connectivity index (χ4v) is 3.03. The van der Waals surface area contributed by atoms with Gasteiger partial charge >= 0.3 is 6.18 Å². The van der Waals surface area contributed by atoms with Crippen LogP contribution in [0.1, 0.15) is 12.8 Å². The molecule has 0 saturated carbocycles. The second-order valence-electron chi connectivity index (χ2n) is 5.57. The highest BCUT2D eigenvalue weighted by molar-refractivity contribution is 5.82. The maximum Gasteiger partial charge on any atom is 0.392 e. The van der Waals surface area contributed by atoms with Crippen LogP contribution < -0.4 is 11.1 Å². The van der Waals surface area contributed by atoms with E-state index < -0.39 is 30.2 Å². The number of piperidine rings is 1. The molecule has 5 nitrogen and oxygen atoms in total. The summed E-state index contributed by atoms with van der Waals surface area (Å²) in [5, 5.41) is 12.3. The molecule has 0 spiro atoms. The van der Waals surface area contributed by atoms with Crippen molar-refractivity contribution in [2.45, 2.75) is 31.2 Å². The Balaban J connectivity index is 1.98. The molecule has 116 valence electrons. The number of hydrogen-bond acceptors (Lipinski definition) is 4. The van der Waals surface area contributed by atoms with Gasteiger partial charge in [0.25, 0.3) is 0 Å². The molecule has 1 amide bonds. The first-order chi connectivity index (χ1) is 9.32. The molecule has 2 fully saturated rings. The third kappa shape index (κ3) is 3.24. The Labute approximate surface area is 115 Å². The molecule has 2 aliphatic rings. The van der Waals surface area contributed by atoms with Crippen LogP contribution in [-0.2, 0) is 4.79 Å². The normalized spacial score (nSPS) is 35.4. The Hall–Kier alpha value is -0.860. The number of amides is 1. The zero-order chi connectivity index (χ0) is 14.9. The van der Waals surface area contributed by atoms with Crippen LogP contribution in [0, 0.1) is 11.8 Å². The van der Waals surface area contributed by atoms with E-state index in [9.17, 15) is 23.1 Å². The summed E-state index contributed by atoms with van der Waals surface area (Å²) < 4.78 is 38.6. The number of hydrogen-bond donors (Lipinski definition) is 3. The summed E-state index contributed by atoms with van der Waals surface area (Å²) in [4.78, 5) is 13.6. The highest BCUT2D eigenvalue weighted by Crippen LogP contribution is 2.37. The van der Waals surface area contributed by atoms with Gasteiger partial charge in [0, 0.05) is 25.6 Å². The molecule has 20 heavy (non-hydrogen) atoms. The number of nitrogens with two attached hydrogens (primary N) is 1. The molecular weight excluding hydrogens is 275 g/mol. The summed E-state index contributed by atoms with van der Waals surface area (Å²) >= 11 is 0. The van der Waals surface area contributed by atoms with Crippen molar-refractivity contribution in [1.82, 2.24) is 10.2 Å². The average molecular weight is 295 g/mol. The quantitative estimate of drug-likeness (QED) is 0.653. The van der Waals surface area contributed by atoms with Gasteiger partial charge in [-0.15, -0.1) is 0 Å². The van der Waals surface area contributed by atoms with Crippen LogP contribution >= 0.6 is 0 Å². The smallest absolute Gasteiger partial charge is 0.392 e. The minimum Gasteiger partial charge on any atom is -0.392 e. The molecule has 2 saturated heterocycles. The van der Waals surface area contributed by atoms with E-state index in [0.29, 0.717) is 13.0 Å². The number of carbonyl (C=O) groups is 1. The highest BCUT2D eigenvalue weighted by Gasteiger charge is 2.47. The Morgan fingerprint density at radius 2 is 2.15 bits per heavy atom. The van der Waals surface area contributed by atoms with E-state index in [0.717, 1.165) is 0 Å². The summed E-state index contributed by atoms with van der Waals surface area (Å²) in [6.07, 6.45) is -4.62. The maximum absolute atomic E-state index is 12.9. The minimum atomic E-state index is -4.26. The van der Waals surface area contributed by atoms with E-state index in [2.05, 4.69) is 5.32 Å². The summed E-state index contributed by atoms with van der Waals surface area (Å²) in [7, 11) is 0. The fourth-order valence-electron chi connectivity index (χ4n) is 3.03. The van der Waals surface area contributed by atoms with Crippen LogP contribution in [-0.4, -0.2) is 60.4 Å². The number of carbonyl (C=O) groups excluding carboxylic acids is 1. The average Bonchev–Trinajstić information content (AvgIpc) is 2.82. The first-order valence-corrected chi connectivity index (χ1v) is 6.80. The van der Waals surface area contributed by atoms with E-state index in [1.165, 1.54) is 4.90 Å². The lowest BCUT2D eigenvalue weighted by molar-refractivity contribution is -0.200. The molecule has 8 heteroatoms. The maximum atomic E-state index is 12.9. The number of aliphatic hydroxyl groups excluding tert-OH is 1. The van der Waals surface area contributed by atoms with Crippen molar-refractivity contribution in [2.24, 2.45) is 17.6 Å². The van der Waals surface area contributed by atoms with Gasteiger partial charge in [0.05, 0.1) is 18.1 Å². The van der Waals surface area contributed by atoms with Gasteiger partial charge in [0.2, 0.25) is 5.91 Å². The van der Waals surface area contributed by atoms with Gasteiger partial charge in [-0.2, -0.15) is 13.2 Å². The number of nitrogens with one attached hydrogen (secondary N) is 1. The van der Waals surface area contributed by atoms with Crippen molar-refractivity contribution in [3.63, 3.8) is 0 Å². The number of β-amino-alcohol motifs (C(OH)–C–C–N with tert-alkyl or cyclic N) is 1. The summed E-state index contributed by atoms with van der Waals surface area (Å²) in [6, 6.07) is -0.495. The predicted octanol–water partition coefficient (Wildman–Crippen LogP) is -0.305. The number of aliphatic hydroxyl groups is 1. The molecule has 0 bridgehead atoms. The van der Waals surface area contributed by atoms with E-state index in [1.807, 2.05) is 0 Å². The van der Waals surface area contributed by atoms with Crippen LogP contribution in [0.5, 0.6) is 0 Å². The molecule has 4 atom stereocenters. The minimum absolute atomic E-state index is 0.0355. The molecule has 0 aromatic heterocycles. The lowest BCUT2D eigenvalue weighted by Crippen LogP contribution is -2.53. The molecule has 2 unspecified atom stereocenters. The van der Waals surface area contributed by atoms with Gasteiger partial charge < -0.3 is 21.1 Å². The Morgan fingerprint density at radius 3 is 2.65 bits per heavy atom. The topological polar surface area (TPSA) is 78.6 Å². The van der Waals surface area contributed by atoms with Crippen LogP contribution in [0.25, 0.3) is 0 Å². The first kappa shape index (κ1) is 15.5. The standard InChI is InChI=1S/C12H20F3N3O2/c13-12(14,15)9-1-2-18(6-7(9)4-16)11(20)10-3-8(19)5-17-10/h7-10,17,19H,1-6,16H2/t7?,8-,9?,10+/m0/s1. The molecule has 4 N–H and O–H groups in total. The van der Waals surface area contributed by atoms with Crippen LogP contribution in [0.2, 0.25) is 0 Å². The van der Waals surface area contributed by atoms with Gasteiger partial charge in [-0.05, 0) is 19.4 Å². The largest absolute Gasteiger partial charge is 0.392 e. The zero-order valence-electron chi connectivity index (χ0n) is 11.1. The van der Waals surface area contributed by atoms with Crippen molar-refractivity contribution < 1.29 is 23.1 Å². The first-order valence-electron chi connectivity index (χ1n) is 6.80. The SMILES string of the molecule is NCC1CN(C(=O)[C@H]2C[C@H](O)CN2)CCC1C(F)(F)F. The van der Waals surface area contributed by atoms with Crippen molar-refractivity contribution >= 4 is 5.91 Å². The molecule has 0 aliphatic carbocycles. The van der Waals surface area contributed by atoms with Gasteiger partial charge in [-0.1, -0.05) is 0 Å². The number of likely N-dealkylation sites (tertiary alicyclic amines) is 1. The third-order valence-corrected chi connectivity index (χ3v) is 4.17. The van der Waals surface area contributed by atoms with Crippen LogP contribution in [0.15, 0.2) is 0 Å². The molecule has 0 aromatic rings. The molecule has 0 radical (unpaired) electrons. The molecular formula is C12H20F3N3O2. The van der Waals surface area contributed by atoms with Gasteiger partial charge in [-0.3, -0.25) is 4.79 Å². The van der Waals surface area contributed by atoms with Gasteiger partial charge in [0.1, 0.15) is 0 Å². The van der Waals surface area contributed by atoms with E-state index >= 15 is 0 Å². The second-order valence-corrected chi connectivity index (χ2v) is 5.57. The molecule has 0 aromatic carbocycles. The Morgan fingerprint density at radius 1 is 1.45 bits per heavy atom. The number of halogens is 3. The zero-order valence-corrected chi connectivity index (χ0v) is 11.1. The Kier molecular flexibility index (Phi) is 4.55. The predicted molar refractivity (Wildman–Crippen MR) is 65.7 cm³/mol. The van der Waals surface area contributed by atoms with E-state index in [1.54, 1.807) is 0 Å². The van der Waals surface area contributed by atoms with Crippen molar-refractivity contribution in [3.8, 4) is 0 Å². The fraction of sp³-hybridized carbons (Fsp3) is 0.917. The number of alkyl halides is 3. The number of nitrogens with zero attached hydrogens (tertiary/aromatic N) is 1. The highest BCUT2D eigenvalue weighted by atomic mass is 19.4.